The molecular formula is C17H27F2N3O3S. The zero-order chi connectivity index (χ0) is 19.6. The summed E-state index contributed by atoms with van der Waals surface area (Å²) in [5.41, 5.74) is 0.817. The van der Waals surface area contributed by atoms with E-state index >= 15 is 0 Å². The number of rotatable bonds is 10. The van der Waals surface area contributed by atoms with Gasteiger partial charge in [-0.3, -0.25) is 0 Å². The minimum atomic E-state index is -3.01. The highest BCUT2D eigenvalue weighted by Gasteiger charge is 2.09. The number of hydrogen-bond donors (Lipinski definition) is 2. The molecule has 0 aromatic heterocycles. The first-order valence-corrected chi connectivity index (χ1v) is 10.5. The van der Waals surface area contributed by atoms with E-state index in [1.807, 2.05) is 19.9 Å². The van der Waals surface area contributed by atoms with Crippen molar-refractivity contribution in [2.24, 2.45) is 4.99 Å². The van der Waals surface area contributed by atoms with Crippen LogP contribution >= 0.6 is 0 Å². The van der Waals surface area contributed by atoms with Crippen LogP contribution in [0.2, 0.25) is 0 Å². The van der Waals surface area contributed by atoms with Crippen molar-refractivity contribution in [1.82, 2.24) is 10.6 Å². The molecule has 1 aromatic carbocycles. The van der Waals surface area contributed by atoms with Gasteiger partial charge < -0.3 is 15.4 Å². The fourth-order valence-electron chi connectivity index (χ4n) is 2.08. The molecule has 0 heterocycles. The lowest BCUT2D eigenvalue weighted by atomic mass is 10.2. The molecule has 0 aliphatic heterocycles. The number of halogens is 2. The van der Waals surface area contributed by atoms with Crippen LogP contribution < -0.4 is 15.4 Å². The van der Waals surface area contributed by atoms with E-state index < -0.39 is 22.9 Å². The summed E-state index contributed by atoms with van der Waals surface area (Å²) in [5.74, 6) is 1.04. The Morgan fingerprint density at radius 2 is 2.08 bits per heavy atom. The van der Waals surface area contributed by atoms with Crippen LogP contribution in [-0.4, -0.2) is 52.0 Å². The lowest BCUT2D eigenvalue weighted by molar-refractivity contribution is 0.0818. The van der Waals surface area contributed by atoms with Gasteiger partial charge in [-0.2, -0.15) is 0 Å². The lowest BCUT2D eigenvalue weighted by Gasteiger charge is -2.17. The highest BCUT2D eigenvalue weighted by Crippen LogP contribution is 2.15. The molecule has 2 N–H and O–H groups in total. The Morgan fingerprint density at radius 1 is 1.35 bits per heavy atom. The number of alkyl halides is 2. The molecule has 26 heavy (non-hydrogen) atoms. The van der Waals surface area contributed by atoms with E-state index in [0.717, 1.165) is 5.56 Å². The number of aliphatic imine (C=N–C) groups is 1. The van der Waals surface area contributed by atoms with Crippen LogP contribution in [0.3, 0.4) is 0 Å². The average molecular weight is 391 g/mol. The highest BCUT2D eigenvalue weighted by atomic mass is 32.2. The van der Waals surface area contributed by atoms with Gasteiger partial charge in [-0.05, 0) is 38.0 Å². The van der Waals surface area contributed by atoms with Gasteiger partial charge in [0.15, 0.2) is 5.96 Å². The normalized spacial score (nSPS) is 13.5. The van der Waals surface area contributed by atoms with Crippen molar-refractivity contribution in [3.63, 3.8) is 0 Å². The van der Waals surface area contributed by atoms with Crippen LogP contribution in [0.25, 0.3) is 0 Å². The fraction of sp³-hybridized carbons (Fsp3) is 0.588. The zero-order valence-corrected chi connectivity index (χ0v) is 16.2. The van der Waals surface area contributed by atoms with E-state index in [0.29, 0.717) is 31.2 Å². The molecule has 0 aliphatic rings. The van der Waals surface area contributed by atoms with E-state index in [1.165, 1.54) is 6.26 Å². The Bertz CT molecular complexity index is 682. The second kappa shape index (κ2) is 10.9. The molecule has 9 heteroatoms. The first-order valence-electron chi connectivity index (χ1n) is 8.42. The number of hydrogen-bond acceptors (Lipinski definition) is 4. The monoisotopic (exact) mass is 391 g/mol. The van der Waals surface area contributed by atoms with Crippen LogP contribution in [0.4, 0.5) is 8.78 Å². The highest BCUT2D eigenvalue weighted by molar-refractivity contribution is 7.90. The van der Waals surface area contributed by atoms with Crippen LogP contribution in [-0.2, 0) is 16.4 Å². The minimum Gasteiger partial charge on any atom is -0.488 e. The number of nitrogens with zero attached hydrogens (tertiary/aromatic N) is 1. The van der Waals surface area contributed by atoms with E-state index in [9.17, 15) is 17.2 Å². The van der Waals surface area contributed by atoms with Crippen molar-refractivity contribution >= 4 is 15.8 Å². The third-order valence-electron chi connectivity index (χ3n) is 3.34. The average Bonchev–Trinajstić information content (AvgIpc) is 2.56. The Morgan fingerprint density at radius 3 is 2.69 bits per heavy atom. The van der Waals surface area contributed by atoms with Crippen molar-refractivity contribution in [2.45, 2.75) is 39.3 Å². The van der Waals surface area contributed by atoms with Gasteiger partial charge in [0.2, 0.25) is 0 Å². The smallest absolute Gasteiger partial charge is 0.272 e. The maximum Gasteiger partial charge on any atom is 0.272 e. The zero-order valence-electron chi connectivity index (χ0n) is 15.3. The lowest BCUT2D eigenvalue weighted by Crippen LogP contribution is -2.42. The fourth-order valence-corrected chi connectivity index (χ4v) is 2.86. The largest absolute Gasteiger partial charge is 0.488 e. The maximum atomic E-state index is 12.2. The summed E-state index contributed by atoms with van der Waals surface area (Å²) in [6, 6.07) is 6.77. The summed E-state index contributed by atoms with van der Waals surface area (Å²) in [4.78, 5) is 4.45. The predicted octanol–water partition coefficient (Wildman–Crippen LogP) is 2.21. The van der Waals surface area contributed by atoms with E-state index in [-0.39, 0.29) is 11.8 Å². The molecule has 1 unspecified atom stereocenters. The van der Waals surface area contributed by atoms with Crippen LogP contribution in [0.1, 0.15) is 25.8 Å². The van der Waals surface area contributed by atoms with E-state index in [4.69, 9.17) is 4.74 Å². The molecule has 0 saturated heterocycles. The topological polar surface area (TPSA) is 79.8 Å². The van der Waals surface area contributed by atoms with Gasteiger partial charge in [0.05, 0.1) is 12.3 Å². The first kappa shape index (κ1) is 22.1. The van der Waals surface area contributed by atoms with Gasteiger partial charge in [0, 0.05) is 18.8 Å². The molecule has 148 valence electrons. The molecule has 1 aromatic rings. The molecule has 0 saturated carbocycles. The predicted molar refractivity (Wildman–Crippen MR) is 99.7 cm³/mol. The number of sulfone groups is 1. The number of benzene rings is 1. The van der Waals surface area contributed by atoms with Gasteiger partial charge in [0.25, 0.3) is 6.43 Å². The molecule has 0 fully saturated rings. The summed E-state index contributed by atoms with van der Waals surface area (Å²) in [6.45, 7) is 4.16. The quantitative estimate of drug-likeness (QED) is 0.472. The van der Waals surface area contributed by atoms with Crippen LogP contribution in [0, 0.1) is 0 Å². The Kier molecular flexibility index (Phi) is 9.32. The van der Waals surface area contributed by atoms with Gasteiger partial charge in [-0.25, -0.2) is 22.2 Å². The summed E-state index contributed by atoms with van der Waals surface area (Å²) in [7, 11) is -3.01. The van der Waals surface area contributed by atoms with Crippen molar-refractivity contribution in [1.29, 1.82) is 0 Å². The van der Waals surface area contributed by atoms with Crippen molar-refractivity contribution in [2.75, 3.05) is 25.2 Å². The molecule has 0 aliphatic carbocycles. The SMILES string of the molecule is CCNC(=NCc1cccc(OCC(F)F)c1)NC(C)CCS(C)(=O)=O. The maximum absolute atomic E-state index is 12.2. The molecule has 1 atom stereocenters. The van der Waals surface area contributed by atoms with E-state index in [1.54, 1.807) is 18.2 Å². The number of guanidine groups is 1. The standard InChI is InChI=1S/C17H27F2N3O3S/c1-4-20-17(22-13(2)8-9-26(3,23)24)21-11-14-6-5-7-15(10-14)25-12-16(18)19/h5-7,10,13,16H,4,8-9,11-12H2,1-3H3,(H2,20,21,22). The number of ether oxygens (including phenoxy) is 1. The molecule has 0 radical (unpaired) electrons. The summed E-state index contributed by atoms with van der Waals surface area (Å²) >= 11 is 0. The van der Waals surface area contributed by atoms with Crippen molar-refractivity contribution in [3.8, 4) is 5.75 Å². The third kappa shape index (κ3) is 10.2. The summed E-state index contributed by atoms with van der Waals surface area (Å²) < 4.78 is 51.9. The number of nitrogens with one attached hydrogen (secondary N) is 2. The summed E-state index contributed by atoms with van der Waals surface area (Å²) in [6.07, 6.45) is -0.836. The second-order valence-corrected chi connectivity index (χ2v) is 8.27. The summed E-state index contributed by atoms with van der Waals surface area (Å²) in [5, 5.41) is 6.25. The molecule has 1 rings (SSSR count). The van der Waals surface area contributed by atoms with Gasteiger partial charge in [0.1, 0.15) is 22.2 Å². The third-order valence-corrected chi connectivity index (χ3v) is 4.32. The Labute approximate surface area is 154 Å². The minimum absolute atomic E-state index is 0.0664. The van der Waals surface area contributed by atoms with Gasteiger partial charge >= 0.3 is 0 Å². The van der Waals surface area contributed by atoms with Gasteiger partial charge in [-0.15, -0.1) is 0 Å². The molecule has 6 nitrogen and oxygen atoms in total. The Hall–Kier alpha value is -1.90. The molecular weight excluding hydrogens is 364 g/mol. The molecule has 0 bridgehead atoms. The van der Waals surface area contributed by atoms with Crippen molar-refractivity contribution in [3.05, 3.63) is 29.8 Å². The Balaban J connectivity index is 2.66. The van der Waals surface area contributed by atoms with Crippen LogP contribution in [0.5, 0.6) is 5.75 Å². The van der Waals surface area contributed by atoms with E-state index in [2.05, 4.69) is 15.6 Å². The van der Waals surface area contributed by atoms with Gasteiger partial charge in [-0.1, -0.05) is 12.1 Å². The first-order chi connectivity index (χ1) is 12.2. The molecule has 0 spiro atoms. The molecule has 0 amide bonds. The second-order valence-electron chi connectivity index (χ2n) is 6.01. The van der Waals surface area contributed by atoms with Crippen LogP contribution in [0.15, 0.2) is 29.3 Å². The van der Waals surface area contributed by atoms with Crippen molar-refractivity contribution < 1.29 is 21.9 Å².